The number of halogens is 1. The summed E-state index contributed by atoms with van der Waals surface area (Å²) in [6.45, 7) is 6.96. The van der Waals surface area contributed by atoms with Crippen molar-refractivity contribution in [3.05, 3.63) is 81.2 Å². The van der Waals surface area contributed by atoms with Crippen LogP contribution in [0.3, 0.4) is 0 Å². The van der Waals surface area contributed by atoms with Crippen LogP contribution in [0.4, 0.5) is 5.69 Å². The molecule has 0 atom stereocenters. The van der Waals surface area contributed by atoms with Crippen molar-refractivity contribution in [3.63, 3.8) is 0 Å². The second-order valence-electron chi connectivity index (χ2n) is 7.99. The average Bonchev–Trinajstić information content (AvgIpc) is 3.12. The maximum atomic E-state index is 12.5. The van der Waals surface area contributed by atoms with Crippen LogP contribution in [-0.4, -0.2) is 19.6 Å². The molecule has 0 aliphatic carbocycles. The van der Waals surface area contributed by atoms with Crippen molar-refractivity contribution in [1.29, 1.82) is 0 Å². The van der Waals surface area contributed by atoms with Gasteiger partial charge in [0.1, 0.15) is 0 Å². The fraction of sp³-hybridized carbons (Fsp3) is 0.227. The zero-order valence-electron chi connectivity index (χ0n) is 16.5. The third-order valence-corrected chi connectivity index (χ3v) is 4.97. The molecule has 0 spiro atoms. The van der Waals surface area contributed by atoms with Gasteiger partial charge in [-0.2, -0.15) is 9.50 Å². The van der Waals surface area contributed by atoms with Gasteiger partial charge in [-0.15, -0.1) is 5.10 Å². The molecule has 2 aromatic carbocycles. The number of nitrogens with one attached hydrogen (secondary N) is 2. The molecule has 0 unspecified atom stereocenters. The first-order chi connectivity index (χ1) is 13.8. The molecule has 4 aromatic rings. The minimum absolute atomic E-state index is 0.0762. The van der Waals surface area contributed by atoms with Gasteiger partial charge < -0.3 is 10.3 Å². The quantitative estimate of drug-likeness (QED) is 0.516. The van der Waals surface area contributed by atoms with Crippen molar-refractivity contribution < 1.29 is 0 Å². The number of benzene rings is 2. The molecule has 0 radical (unpaired) electrons. The van der Waals surface area contributed by atoms with E-state index in [2.05, 4.69) is 53.3 Å². The van der Waals surface area contributed by atoms with Crippen LogP contribution in [0.25, 0.3) is 17.2 Å². The lowest BCUT2D eigenvalue weighted by Crippen LogP contribution is -2.17. The zero-order chi connectivity index (χ0) is 20.6. The lowest BCUT2D eigenvalue weighted by Gasteiger charge is -2.18. The topological polar surface area (TPSA) is 75.1 Å². The number of hydrogen-bond donors (Lipinski definition) is 2. The van der Waals surface area contributed by atoms with E-state index in [4.69, 9.17) is 11.6 Å². The highest BCUT2D eigenvalue weighted by Gasteiger charge is 2.15. The zero-order valence-corrected chi connectivity index (χ0v) is 17.3. The van der Waals surface area contributed by atoms with Gasteiger partial charge in [-0.1, -0.05) is 56.6 Å². The average molecular weight is 408 g/mol. The maximum Gasteiger partial charge on any atom is 0.275 e. The van der Waals surface area contributed by atoms with Gasteiger partial charge in [0.15, 0.2) is 5.82 Å². The Morgan fingerprint density at radius 3 is 2.41 bits per heavy atom. The highest BCUT2D eigenvalue weighted by atomic mass is 35.5. The molecule has 0 saturated carbocycles. The van der Waals surface area contributed by atoms with Crippen LogP contribution < -0.4 is 10.9 Å². The summed E-state index contributed by atoms with van der Waals surface area (Å²) in [5.74, 6) is 0.932. The summed E-state index contributed by atoms with van der Waals surface area (Å²) < 4.78 is 1.29. The van der Waals surface area contributed by atoms with Crippen molar-refractivity contribution in [3.8, 4) is 11.4 Å². The first-order valence-corrected chi connectivity index (χ1v) is 9.77. The molecule has 0 saturated heterocycles. The smallest absolute Gasteiger partial charge is 0.275 e. The fourth-order valence-corrected chi connectivity index (χ4v) is 3.16. The Morgan fingerprint density at radius 1 is 1.07 bits per heavy atom. The van der Waals surface area contributed by atoms with Crippen molar-refractivity contribution in [2.75, 3.05) is 5.32 Å². The summed E-state index contributed by atoms with van der Waals surface area (Å²) in [6.07, 6.45) is 0. The van der Waals surface area contributed by atoms with Crippen LogP contribution in [0.15, 0.2) is 59.4 Å². The molecule has 148 valence electrons. The summed E-state index contributed by atoms with van der Waals surface area (Å²) in [6, 6.07) is 17.0. The van der Waals surface area contributed by atoms with Crippen molar-refractivity contribution in [2.45, 2.75) is 32.7 Å². The van der Waals surface area contributed by atoms with Crippen LogP contribution in [0, 0.1) is 0 Å². The number of aromatic nitrogens is 4. The molecule has 7 heteroatoms. The van der Waals surface area contributed by atoms with Crippen LogP contribution in [0.5, 0.6) is 0 Å². The first-order valence-electron chi connectivity index (χ1n) is 9.39. The maximum absolute atomic E-state index is 12.5. The third kappa shape index (κ3) is 4.17. The van der Waals surface area contributed by atoms with E-state index in [1.54, 1.807) is 0 Å². The van der Waals surface area contributed by atoms with E-state index in [1.807, 2.05) is 36.4 Å². The summed E-state index contributed by atoms with van der Waals surface area (Å²) in [4.78, 5) is 20.2. The lowest BCUT2D eigenvalue weighted by atomic mass is 9.87. The number of H-pyrrole nitrogens is 1. The number of anilines is 1. The van der Waals surface area contributed by atoms with E-state index in [1.165, 1.54) is 16.1 Å². The Balaban J connectivity index is 1.60. The highest BCUT2D eigenvalue weighted by molar-refractivity contribution is 6.30. The molecule has 0 aliphatic heterocycles. The third-order valence-electron chi connectivity index (χ3n) is 4.72. The van der Waals surface area contributed by atoms with Gasteiger partial charge in [0.2, 0.25) is 5.78 Å². The second-order valence-corrected chi connectivity index (χ2v) is 8.43. The number of fused-ring (bicyclic) bond motifs is 1. The molecule has 6 nitrogen and oxygen atoms in total. The van der Waals surface area contributed by atoms with Gasteiger partial charge in [0.05, 0.1) is 6.54 Å². The Morgan fingerprint density at radius 2 is 1.76 bits per heavy atom. The van der Waals surface area contributed by atoms with Crippen molar-refractivity contribution in [2.24, 2.45) is 0 Å². The molecule has 0 amide bonds. The minimum Gasteiger partial charge on any atom is -0.379 e. The van der Waals surface area contributed by atoms with Crippen LogP contribution in [0.2, 0.25) is 5.02 Å². The Labute approximate surface area is 173 Å². The van der Waals surface area contributed by atoms with Gasteiger partial charge >= 0.3 is 0 Å². The van der Waals surface area contributed by atoms with Crippen molar-refractivity contribution in [1.82, 2.24) is 19.6 Å². The summed E-state index contributed by atoms with van der Waals surface area (Å²) >= 11 is 5.91. The summed E-state index contributed by atoms with van der Waals surface area (Å²) in [5, 5.41) is 8.30. The molecule has 29 heavy (non-hydrogen) atoms. The number of rotatable bonds is 4. The summed E-state index contributed by atoms with van der Waals surface area (Å²) in [5.41, 5.74) is 3.59. The van der Waals surface area contributed by atoms with E-state index in [0.717, 1.165) is 16.9 Å². The van der Waals surface area contributed by atoms with Gasteiger partial charge in [0.25, 0.3) is 5.56 Å². The van der Waals surface area contributed by atoms with E-state index in [0.29, 0.717) is 23.2 Å². The van der Waals surface area contributed by atoms with Gasteiger partial charge in [-0.25, -0.2) is 0 Å². The first kappa shape index (κ1) is 19.2. The largest absolute Gasteiger partial charge is 0.379 e. The monoisotopic (exact) mass is 407 g/mol. The van der Waals surface area contributed by atoms with Crippen LogP contribution >= 0.6 is 11.6 Å². The van der Waals surface area contributed by atoms with Crippen molar-refractivity contribution >= 4 is 23.1 Å². The molecular weight excluding hydrogens is 386 g/mol. The van der Waals surface area contributed by atoms with Gasteiger partial charge in [0, 0.05) is 28.0 Å². The predicted octanol–water partition coefficient (Wildman–Crippen LogP) is 4.65. The van der Waals surface area contributed by atoms with E-state index >= 15 is 0 Å². The number of aromatic amines is 1. The predicted molar refractivity (Wildman–Crippen MR) is 117 cm³/mol. The number of nitrogens with zero attached hydrogens (tertiary/aromatic N) is 3. The SMILES string of the molecule is CC(C)(C)c1ccc(-c2nc3[nH]c(CNc4ccc(Cl)cc4)cc(=O)n3n2)cc1. The summed E-state index contributed by atoms with van der Waals surface area (Å²) in [7, 11) is 0. The van der Waals surface area contributed by atoms with E-state index in [9.17, 15) is 4.79 Å². The molecule has 2 aromatic heterocycles. The molecule has 2 N–H and O–H groups in total. The molecule has 2 heterocycles. The standard InChI is InChI=1S/C22H22ClN5O/c1-22(2,3)15-6-4-14(5-7-15)20-26-21-25-18(12-19(29)28(21)27-20)13-24-17-10-8-16(23)9-11-17/h4-12,24H,13H2,1-3H3,(H,25,26,27). The van der Waals surface area contributed by atoms with Crippen LogP contribution in [-0.2, 0) is 12.0 Å². The fourth-order valence-electron chi connectivity index (χ4n) is 3.04. The molecule has 0 bridgehead atoms. The van der Waals surface area contributed by atoms with Crippen LogP contribution in [0.1, 0.15) is 32.0 Å². The normalized spacial score (nSPS) is 11.7. The second kappa shape index (κ2) is 7.37. The molecule has 4 rings (SSSR count). The van der Waals surface area contributed by atoms with E-state index in [-0.39, 0.29) is 11.0 Å². The minimum atomic E-state index is -0.225. The lowest BCUT2D eigenvalue weighted by molar-refractivity contribution is 0.590. The Kier molecular flexibility index (Phi) is 4.88. The molecule has 0 aliphatic rings. The van der Waals surface area contributed by atoms with E-state index < -0.39 is 0 Å². The Bertz CT molecular complexity index is 1200. The Hall–Kier alpha value is -3.12. The van der Waals surface area contributed by atoms with Gasteiger partial charge in [-0.05, 0) is 35.2 Å². The number of hydrogen-bond acceptors (Lipinski definition) is 4. The van der Waals surface area contributed by atoms with Gasteiger partial charge in [-0.3, -0.25) is 4.79 Å². The molecular formula is C22H22ClN5O. The highest BCUT2D eigenvalue weighted by Crippen LogP contribution is 2.24. The molecule has 0 fully saturated rings.